The number of aryl methyl sites for hydroxylation is 1. The van der Waals surface area contributed by atoms with E-state index in [1.165, 1.54) is 0 Å². The Labute approximate surface area is 190 Å². The summed E-state index contributed by atoms with van der Waals surface area (Å²) in [6.07, 6.45) is 6.85. The number of rotatable bonds is 4. The zero-order chi connectivity index (χ0) is 22.8. The van der Waals surface area contributed by atoms with Gasteiger partial charge in [-0.1, -0.05) is 25.9 Å². The van der Waals surface area contributed by atoms with Crippen molar-refractivity contribution in [2.45, 2.75) is 96.9 Å². The highest BCUT2D eigenvalue weighted by atomic mass is 16.5. The highest BCUT2D eigenvalue weighted by Gasteiger charge is 2.65. The molecule has 7 heteroatoms. The van der Waals surface area contributed by atoms with Crippen LogP contribution >= 0.6 is 0 Å². The van der Waals surface area contributed by atoms with Crippen molar-refractivity contribution in [1.82, 2.24) is 10.1 Å². The van der Waals surface area contributed by atoms with Gasteiger partial charge in [0.05, 0.1) is 18.3 Å². The molecule has 0 radical (unpaired) electrons. The largest absolute Gasteiger partial charge is 0.438 e. The first-order valence-corrected chi connectivity index (χ1v) is 12.7. The molecule has 1 aromatic heterocycles. The number of hydrogen-bond donors (Lipinski definition) is 4. The molecular formula is C25H40N2O5. The number of aromatic amines is 1. The lowest BCUT2D eigenvalue weighted by Gasteiger charge is -2.63. The van der Waals surface area contributed by atoms with Crippen molar-refractivity contribution in [2.24, 2.45) is 46.3 Å². The molecule has 4 aliphatic carbocycles. The zero-order valence-corrected chi connectivity index (χ0v) is 19.7. The zero-order valence-electron chi connectivity index (χ0n) is 19.7. The van der Waals surface area contributed by atoms with Gasteiger partial charge in [0.1, 0.15) is 0 Å². The van der Waals surface area contributed by atoms with E-state index in [4.69, 9.17) is 0 Å². The molecule has 32 heavy (non-hydrogen) atoms. The Hall–Kier alpha value is -1.18. The van der Waals surface area contributed by atoms with Gasteiger partial charge in [0.15, 0.2) is 5.82 Å². The summed E-state index contributed by atoms with van der Waals surface area (Å²) in [6, 6.07) is 0. The van der Waals surface area contributed by atoms with Crippen LogP contribution in [0, 0.1) is 46.3 Å². The minimum absolute atomic E-state index is 0.00635. The van der Waals surface area contributed by atoms with E-state index >= 15 is 0 Å². The molecule has 0 aliphatic heterocycles. The molecule has 0 bridgehead atoms. The molecule has 1 heterocycles. The SMILES string of the molecule is C[C@H](CCc1noc(=O)[nH]1)[C@H]1CCC2C3C([C@@H](O)C[C@@]21C)[C@@]1(C)CC[C@@H](O)C[C@H]1C[C@H]3O. The summed E-state index contributed by atoms with van der Waals surface area (Å²) in [5.74, 6) is 2.00. The second-order valence-corrected chi connectivity index (χ2v) is 12.2. The lowest BCUT2D eigenvalue weighted by molar-refractivity contribution is -0.213. The molecule has 3 unspecified atom stereocenters. The van der Waals surface area contributed by atoms with Gasteiger partial charge >= 0.3 is 5.76 Å². The second kappa shape index (κ2) is 7.95. The Morgan fingerprint density at radius 1 is 1.12 bits per heavy atom. The monoisotopic (exact) mass is 448 g/mol. The minimum atomic E-state index is -0.504. The van der Waals surface area contributed by atoms with Gasteiger partial charge in [-0.05, 0) is 97.7 Å². The molecule has 4 fully saturated rings. The molecule has 0 aromatic carbocycles. The Kier molecular flexibility index (Phi) is 5.62. The van der Waals surface area contributed by atoms with Gasteiger partial charge in [0.25, 0.3) is 0 Å². The summed E-state index contributed by atoms with van der Waals surface area (Å²) in [5, 5.41) is 37.0. The number of hydrogen-bond acceptors (Lipinski definition) is 6. The Morgan fingerprint density at radius 3 is 2.62 bits per heavy atom. The van der Waals surface area contributed by atoms with Crippen molar-refractivity contribution >= 4 is 0 Å². The summed E-state index contributed by atoms with van der Waals surface area (Å²) in [4.78, 5) is 13.9. The molecular weight excluding hydrogens is 408 g/mol. The molecule has 11 atom stereocenters. The topological polar surface area (TPSA) is 120 Å². The van der Waals surface area contributed by atoms with Crippen molar-refractivity contribution in [2.75, 3.05) is 0 Å². The maximum Gasteiger partial charge on any atom is 0.438 e. The van der Waals surface area contributed by atoms with Gasteiger partial charge in [-0.3, -0.25) is 9.51 Å². The number of nitrogens with one attached hydrogen (secondary N) is 1. The fourth-order valence-electron chi connectivity index (χ4n) is 9.22. The van der Waals surface area contributed by atoms with Gasteiger partial charge in [0, 0.05) is 6.42 Å². The summed E-state index contributed by atoms with van der Waals surface area (Å²) in [7, 11) is 0. The summed E-state index contributed by atoms with van der Waals surface area (Å²) >= 11 is 0. The van der Waals surface area contributed by atoms with E-state index in [0.717, 1.165) is 51.4 Å². The molecule has 0 saturated heterocycles. The summed E-state index contributed by atoms with van der Waals surface area (Å²) < 4.78 is 4.63. The van der Waals surface area contributed by atoms with Crippen LogP contribution in [0.5, 0.6) is 0 Å². The van der Waals surface area contributed by atoms with E-state index in [1.54, 1.807) is 0 Å². The van der Waals surface area contributed by atoms with E-state index in [1.807, 2.05) is 0 Å². The first-order chi connectivity index (χ1) is 15.1. The molecule has 7 nitrogen and oxygen atoms in total. The normalized spacial score (nSPS) is 49.2. The van der Waals surface area contributed by atoms with Crippen molar-refractivity contribution in [1.29, 1.82) is 0 Å². The van der Waals surface area contributed by atoms with E-state index in [0.29, 0.717) is 35.9 Å². The fourth-order valence-corrected chi connectivity index (χ4v) is 9.22. The Bertz CT molecular complexity index is 884. The smallest absolute Gasteiger partial charge is 0.393 e. The van der Waals surface area contributed by atoms with Gasteiger partial charge in [-0.25, -0.2) is 4.79 Å². The van der Waals surface area contributed by atoms with E-state index in [9.17, 15) is 20.1 Å². The van der Waals surface area contributed by atoms with Gasteiger partial charge in [-0.15, -0.1) is 0 Å². The quantitative estimate of drug-likeness (QED) is 0.562. The average Bonchev–Trinajstić information content (AvgIpc) is 3.29. The fraction of sp³-hybridized carbons (Fsp3) is 0.920. The first-order valence-electron chi connectivity index (χ1n) is 12.7. The van der Waals surface area contributed by atoms with Crippen LogP contribution in [0.25, 0.3) is 0 Å². The third-order valence-corrected chi connectivity index (χ3v) is 10.7. The highest BCUT2D eigenvalue weighted by Crippen LogP contribution is 2.68. The number of aliphatic hydroxyl groups excluding tert-OH is 3. The molecule has 5 rings (SSSR count). The van der Waals surface area contributed by atoms with E-state index in [2.05, 4.69) is 35.4 Å². The average molecular weight is 449 g/mol. The van der Waals surface area contributed by atoms with Gasteiger partial charge in [0.2, 0.25) is 0 Å². The number of nitrogens with zero attached hydrogens (tertiary/aromatic N) is 1. The van der Waals surface area contributed by atoms with Crippen LogP contribution in [0.2, 0.25) is 0 Å². The Morgan fingerprint density at radius 2 is 1.91 bits per heavy atom. The summed E-state index contributed by atoms with van der Waals surface area (Å²) in [5.41, 5.74) is 0.0159. The van der Waals surface area contributed by atoms with Crippen LogP contribution in [0.15, 0.2) is 9.32 Å². The maximum absolute atomic E-state index is 11.6. The van der Waals surface area contributed by atoms with Crippen LogP contribution in [-0.4, -0.2) is 43.8 Å². The van der Waals surface area contributed by atoms with Crippen molar-refractivity contribution in [3.63, 3.8) is 0 Å². The van der Waals surface area contributed by atoms with Crippen molar-refractivity contribution in [3.8, 4) is 0 Å². The molecule has 0 amide bonds. The van der Waals surface area contributed by atoms with Crippen LogP contribution in [-0.2, 0) is 6.42 Å². The first kappa shape index (κ1) is 22.6. The predicted octanol–water partition coefficient (Wildman–Crippen LogP) is 2.89. The van der Waals surface area contributed by atoms with Gasteiger partial charge < -0.3 is 15.3 Å². The maximum atomic E-state index is 11.6. The number of fused-ring (bicyclic) bond motifs is 5. The van der Waals surface area contributed by atoms with Crippen LogP contribution in [0.4, 0.5) is 0 Å². The number of aromatic nitrogens is 2. The predicted molar refractivity (Wildman–Crippen MR) is 119 cm³/mol. The van der Waals surface area contributed by atoms with E-state index < -0.39 is 18.0 Å². The molecule has 0 spiro atoms. The molecule has 4 aliphatic rings. The lowest BCUT2D eigenvalue weighted by Crippen LogP contribution is -2.63. The van der Waals surface area contributed by atoms with Gasteiger partial charge in [-0.2, -0.15) is 0 Å². The highest BCUT2D eigenvalue weighted by molar-refractivity contribution is 5.14. The minimum Gasteiger partial charge on any atom is -0.393 e. The molecule has 1 aromatic rings. The second-order valence-electron chi connectivity index (χ2n) is 12.2. The molecule has 4 N–H and O–H groups in total. The summed E-state index contributed by atoms with van der Waals surface area (Å²) in [6.45, 7) is 6.97. The molecule has 180 valence electrons. The molecule has 4 saturated carbocycles. The van der Waals surface area contributed by atoms with Crippen LogP contribution in [0.1, 0.15) is 78.0 Å². The number of H-pyrrole nitrogens is 1. The Balaban J connectivity index is 1.37. The lowest BCUT2D eigenvalue weighted by atomic mass is 9.43. The van der Waals surface area contributed by atoms with Crippen molar-refractivity contribution in [3.05, 3.63) is 16.4 Å². The van der Waals surface area contributed by atoms with E-state index in [-0.39, 0.29) is 28.8 Å². The standard InChI is InChI=1S/C25H40N2O5/c1-13(4-7-20-26-23(31)32-27-20)16-5-6-17-21-18(29)11-14-10-15(28)8-9-24(14,2)22(21)19(30)12-25(16,17)3/h13-19,21-22,28-30H,4-12H2,1-3H3,(H,26,27,31)/t13-,14+,15-,16-,17?,18-,19+,21?,22?,24+,25-/m1/s1. The van der Waals surface area contributed by atoms with Crippen molar-refractivity contribution < 1.29 is 19.8 Å². The third kappa shape index (κ3) is 3.41. The number of aliphatic hydroxyl groups is 3. The third-order valence-electron chi connectivity index (χ3n) is 10.7. The van der Waals surface area contributed by atoms with Crippen LogP contribution < -0.4 is 5.76 Å². The van der Waals surface area contributed by atoms with Crippen LogP contribution in [0.3, 0.4) is 0 Å².